The van der Waals surface area contributed by atoms with E-state index in [2.05, 4.69) is 10.3 Å². The van der Waals surface area contributed by atoms with E-state index >= 15 is 0 Å². The van der Waals surface area contributed by atoms with Crippen molar-refractivity contribution in [3.63, 3.8) is 0 Å². The molecule has 1 N–H and O–H groups in total. The number of nitrogens with one attached hydrogen (secondary N) is 1. The van der Waals surface area contributed by atoms with Crippen molar-refractivity contribution in [3.8, 4) is 5.69 Å². The van der Waals surface area contributed by atoms with Crippen LogP contribution in [0.15, 0.2) is 83.9 Å². The van der Waals surface area contributed by atoms with Crippen LogP contribution >= 0.6 is 0 Å². The van der Waals surface area contributed by atoms with Gasteiger partial charge in [0.2, 0.25) is 0 Å². The first-order valence-electron chi connectivity index (χ1n) is 11.5. The van der Waals surface area contributed by atoms with Crippen molar-refractivity contribution >= 4 is 22.8 Å². The van der Waals surface area contributed by atoms with Gasteiger partial charge < -0.3 is 10.1 Å². The lowest BCUT2D eigenvalue weighted by molar-refractivity contribution is -0.147. The number of aromatic nitrogens is 2. The number of fused-ring (bicyclic) bond motifs is 1. The minimum Gasteiger partial charge on any atom is -0.463 e. The molecule has 0 saturated heterocycles. The van der Waals surface area contributed by atoms with Crippen molar-refractivity contribution in [2.24, 2.45) is 0 Å². The van der Waals surface area contributed by atoms with Crippen LogP contribution in [0.2, 0.25) is 0 Å². The summed E-state index contributed by atoms with van der Waals surface area (Å²) in [6, 6.07) is 20.9. The van der Waals surface area contributed by atoms with Gasteiger partial charge in [0.05, 0.1) is 35.2 Å². The van der Waals surface area contributed by atoms with Crippen LogP contribution < -0.4 is 10.9 Å². The lowest BCUT2D eigenvalue weighted by Crippen LogP contribution is -2.31. The quantitative estimate of drug-likeness (QED) is 0.402. The Morgan fingerprint density at radius 3 is 2.34 bits per heavy atom. The molecule has 0 fully saturated rings. The zero-order valence-corrected chi connectivity index (χ0v) is 19.9. The molecule has 0 aliphatic heterocycles. The third-order valence-electron chi connectivity index (χ3n) is 5.60. The van der Waals surface area contributed by atoms with E-state index in [0.29, 0.717) is 22.2 Å². The Kier molecular flexibility index (Phi) is 7.06. The number of amides is 1. The number of nitrogens with zero attached hydrogens (tertiary/aromatic N) is 2. The number of rotatable bonds is 7. The Bertz CT molecular complexity index is 1410. The highest BCUT2D eigenvalue weighted by Gasteiger charge is 2.21. The molecule has 3 aromatic carbocycles. The Hall–Kier alpha value is -4.26. The first kappa shape index (κ1) is 23.9. The Labute approximate surface area is 203 Å². The van der Waals surface area contributed by atoms with Gasteiger partial charge in [-0.15, -0.1) is 0 Å². The fraction of sp³-hybridized carbons (Fsp3) is 0.214. The third-order valence-corrected chi connectivity index (χ3v) is 5.60. The van der Waals surface area contributed by atoms with Gasteiger partial charge in [-0.1, -0.05) is 42.0 Å². The highest BCUT2D eigenvalue weighted by Crippen LogP contribution is 2.20. The fourth-order valence-electron chi connectivity index (χ4n) is 3.80. The molecule has 0 saturated carbocycles. The standard InChI is InChI=1S/C28H27N3O4/c1-18(2)35-26(32)16-25(20-10-8-19(3)9-11-20)30-27(33)21-12-14-22(15-13-21)31-17-29-24-7-5-4-6-23(24)28(31)34/h4-15,17-18,25H,16H2,1-3H3,(H,30,33). The number of ether oxygens (including phenoxy) is 1. The van der Waals surface area contributed by atoms with E-state index in [1.54, 1.807) is 56.3 Å². The maximum absolute atomic E-state index is 13.0. The van der Waals surface area contributed by atoms with Gasteiger partial charge in [0.15, 0.2) is 0 Å². The summed E-state index contributed by atoms with van der Waals surface area (Å²) in [6.07, 6.45) is 1.26. The lowest BCUT2D eigenvalue weighted by atomic mass is 10.0. The Balaban J connectivity index is 1.55. The van der Waals surface area contributed by atoms with Crippen molar-refractivity contribution in [1.82, 2.24) is 14.9 Å². The molecule has 7 nitrogen and oxygen atoms in total. The zero-order chi connectivity index (χ0) is 24.9. The molecule has 1 aromatic heterocycles. The van der Waals surface area contributed by atoms with E-state index in [4.69, 9.17) is 4.74 Å². The topological polar surface area (TPSA) is 90.3 Å². The van der Waals surface area contributed by atoms with Crippen LogP contribution in [0.3, 0.4) is 0 Å². The minimum atomic E-state index is -0.540. The minimum absolute atomic E-state index is 0.0171. The molecule has 1 atom stereocenters. The molecule has 1 heterocycles. The molecule has 0 aliphatic rings. The molecule has 4 rings (SSSR count). The summed E-state index contributed by atoms with van der Waals surface area (Å²) < 4.78 is 6.74. The van der Waals surface area contributed by atoms with Crippen molar-refractivity contribution in [2.45, 2.75) is 39.3 Å². The summed E-state index contributed by atoms with van der Waals surface area (Å²) in [5, 5.41) is 3.47. The summed E-state index contributed by atoms with van der Waals surface area (Å²) >= 11 is 0. The van der Waals surface area contributed by atoms with Gasteiger partial charge in [-0.25, -0.2) is 4.98 Å². The zero-order valence-electron chi connectivity index (χ0n) is 19.9. The SMILES string of the molecule is Cc1ccc(C(CC(=O)OC(C)C)NC(=O)c2ccc(-n3cnc4ccccc4c3=O)cc2)cc1. The van der Waals surface area contributed by atoms with Crippen molar-refractivity contribution in [1.29, 1.82) is 0 Å². The van der Waals surface area contributed by atoms with E-state index in [9.17, 15) is 14.4 Å². The average molecular weight is 470 g/mol. The van der Waals surface area contributed by atoms with Gasteiger partial charge in [-0.3, -0.25) is 19.0 Å². The van der Waals surface area contributed by atoms with Crippen molar-refractivity contribution < 1.29 is 14.3 Å². The summed E-state index contributed by atoms with van der Waals surface area (Å²) in [6.45, 7) is 5.55. The van der Waals surface area contributed by atoms with E-state index in [1.807, 2.05) is 37.3 Å². The number of hydrogen-bond donors (Lipinski definition) is 1. The van der Waals surface area contributed by atoms with Crippen LogP contribution in [0.1, 0.15) is 47.8 Å². The molecular formula is C28H27N3O4. The van der Waals surface area contributed by atoms with E-state index in [1.165, 1.54) is 10.9 Å². The van der Waals surface area contributed by atoms with E-state index in [0.717, 1.165) is 11.1 Å². The molecule has 35 heavy (non-hydrogen) atoms. The largest absolute Gasteiger partial charge is 0.463 e. The second-order valence-corrected chi connectivity index (χ2v) is 8.66. The number of aryl methyl sites for hydroxylation is 1. The number of carbonyl (C=O) groups is 2. The maximum atomic E-state index is 13.0. The van der Waals surface area contributed by atoms with Gasteiger partial charge >= 0.3 is 5.97 Å². The van der Waals surface area contributed by atoms with Crippen LogP contribution in [0.5, 0.6) is 0 Å². The number of hydrogen-bond acceptors (Lipinski definition) is 5. The summed E-state index contributed by atoms with van der Waals surface area (Å²) in [4.78, 5) is 42.6. The Morgan fingerprint density at radius 1 is 0.971 bits per heavy atom. The van der Waals surface area contributed by atoms with Gasteiger partial charge in [0.25, 0.3) is 11.5 Å². The molecule has 0 spiro atoms. The number of benzene rings is 3. The van der Waals surface area contributed by atoms with Crippen molar-refractivity contribution in [2.75, 3.05) is 0 Å². The number of para-hydroxylation sites is 1. The molecule has 178 valence electrons. The van der Waals surface area contributed by atoms with Crippen LogP contribution in [0, 0.1) is 6.92 Å². The molecule has 0 radical (unpaired) electrons. The van der Waals surface area contributed by atoms with E-state index in [-0.39, 0.29) is 30.0 Å². The van der Waals surface area contributed by atoms with Gasteiger partial charge in [-0.2, -0.15) is 0 Å². The Morgan fingerprint density at radius 2 is 1.66 bits per heavy atom. The van der Waals surface area contributed by atoms with Crippen molar-refractivity contribution in [3.05, 3.63) is 106 Å². The maximum Gasteiger partial charge on any atom is 0.308 e. The first-order valence-corrected chi connectivity index (χ1v) is 11.5. The van der Waals surface area contributed by atoms with Gasteiger partial charge in [0, 0.05) is 5.56 Å². The van der Waals surface area contributed by atoms with Gasteiger partial charge in [-0.05, 0) is 62.7 Å². The van der Waals surface area contributed by atoms with Gasteiger partial charge in [0.1, 0.15) is 6.33 Å². The summed E-state index contributed by atoms with van der Waals surface area (Å²) in [5.41, 5.74) is 3.34. The van der Waals surface area contributed by atoms with Crippen LogP contribution in [0.25, 0.3) is 16.6 Å². The summed E-state index contributed by atoms with van der Waals surface area (Å²) in [5.74, 6) is -0.715. The third kappa shape index (κ3) is 5.63. The smallest absolute Gasteiger partial charge is 0.308 e. The predicted octanol–water partition coefficient (Wildman–Crippen LogP) is 4.51. The molecule has 7 heteroatoms. The highest BCUT2D eigenvalue weighted by molar-refractivity contribution is 5.95. The van der Waals surface area contributed by atoms with E-state index < -0.39 is 6.04 Å². The molecule has 1 amide bonds. The second kappa shape index (κ2) is 10.3. The first-order chi connectivity index (χ1) is 16.8. The van der Waals surface area contributed by atoms with Crippen LogP contribution in [-0.2, 0) is 9.53 Å². The fourth-order valence-corrected chi connectivity index (χ4v) is 3.80. The monoisotopic (exact) mass is 469 g/mol. The second-order valence-electron chi connectivity index (χ2n) is 8.66. The molecular weight excluding hydrogens is 442 g/mol. The molecule has 0 bridgehead atoms. The molecule has 4 aromatic rings. The normalized spacial score (nSPS) is 11.9. The predicted molar refractivity (Wildman–Crippen MR) is 135 cm³/mol. The summed E-state index contributed by atoms with van der Waals surface area (Å²) in [7, 11) is 0. The average Bonchev–Trinajstić information content (AvgIpc) is 2.84. The number of carbonyl (C=O) groups excluding carboxylic acids is 2. The number of esters is 1. The molecule has 1 unspecified atom stereocenters. The van der Waals surface area contributed by atoms with Crippen LogP contribution in [0.4, 0.5) is 0 Å². The highest BCUT2D eigenvalue weighted by atomic mass is 16.5. The molecule has 0 aliphatic carbocycles. The van der Waals surface area contributed by atoms with Crippen LogP contribution in [-0.4, -0.2) is 27.5 Å². The lowest BCUT2D eigenvalue weighted by Gasteiger charge is -2.20.